The number of hydrogen-bond donors (Lipinski definition) is 1. The van der Waals surface area contributed by atoms with Gasteiger partial charge in [0.15, 0.2) is 0 Å². The van der Waals surface area contributed by atoms with Gasteiger partial charge in [-0.25, -0.2) is 0 Å². The van der Waals surface area contributed by atoms with Crippen LogP contribution in [0.1, 0.15) is 45.4 Å². The zero-order valence-electron chi connectivity index (χ0n) is 13.6. The molecule has 0 aromatic carbocycles. The van der Waals surface area contributed by atoms with Crippen molar-refractivity contribution in [3.63, 3.8) is 0 Å². The first-order chi connectivity index (χ1) is 10.1. The lowest BCUT2D eigenvalue weighted by molar-refractivity contribution is -0.141. The molecule has 2 N–H and O–H groups in total. The van der Waals surface area contributed by atoms with E-state index in [1.807, 2.05) is 0 Å². The molecule has 1 saturated carbocycles. The van der Waals surface area contributed by atoms with Crippen LogP contribution in [0.4, 0.5) is 0 Å². The number of carbonyl (C=O) groups excluding carboxylic acids is 1. The van der Waals surface area contributed by atoms with Crippen LogP contribution in [0.25, 0.3) is 0 Å². The van der Waals surface area contributed by atoms with Gasteiger partial charge in [0, 0.05) is 25.2 Å². The largest absolute Gasteiger partial charge is 0.342 e. The first-order valence-electron chi connectivity index (χ1n) is 8.82. The van der Waals surface area contributed by atoms with Gasteiger partial charge in [0.05, 0.1) is 5.92 Å². The maximum Gasteiger partial charge on any atom is 0.227 e. The lowest BCUT2D eigenvalue weighted by Crippen LogP contribution is -2.56. The second kappa shape index (κ2) is 6.25. The molecule has 4 nitrogen and oxygen atoms in total. The molecule has 2 saturated heterocycles. The molecular weight excluding hydrogens is 262 g/mol. The molecule has 0 aromatic rings. The summed E-state index contributed by atoms with van der Waals surface area (Å²) in [5, 5.41) is 0. The van der Waals surface area contributed by atoms with Gasteiger partial charge < -0.3 is 15.5 Å². The van der Waals surface area contributed by atoms with Crippen molar-refractivity contribution in [2.45, 2.75) is 57.5 Å². The summed E-state index contributed by atoms with van der Waals surface area (Å²) in [4.78, 5) is 17.5. The summed E-state index contributed by atoms with van der Waals surface area (Å²) in [6.45, 7) is 5.32. The number of amides is 1. The Labute approximate surface area is 129 Å². The lowest BCUT2D eigenvalue weighted by atomic mass is 9.76. The number of nitrogens with zero attached hydrogens (tertiary/aromatic N) is 2. The highest BCUT2D eigenvalue weighted by Gasteiger charge is 2.40. The molecule has 1 aliphatic carbocycles. The molecular formula is C17H31N3O. The van der Waals surface area contributed by atoms with E-state index in [1.165, 1.54) is 25.8 Å². The molecule has 21 heavy (non-hydrogen) atoms. The molecule has 3 fully saturated rings. The normalized spacial score (nSPS) is 41.7. The molecule has 120 valence electrons. The van der Waals surface area contributed by atoms with Crippen LogP contribution in [0.15, 0.2) is 0 Å². The summed E-state index contributed by atoms with van der Waals surface area (Å²) < 4.78 is 0. The predicted molar refractivity (Wildman–Crippen MR) is 84.8 cm³/mol. The minimum atomic E-state index is 0.0676. The molecule has 0 radical (unpaired) electrons. The molecule has 2 aliphatic heterocycles. The monoisotopic (exact) mass is 293 g/mol. The Morgan fingerprint density at radius 2 is 1.90 bits per heavy atom. The molecule has 1 amide bonds. The first kappa shape index (κ1) is 15.3. The quantitative estimate of drug-likeness (QED) is 0.800. The third-order valence-corrected chi connectivity index (χ3v) is 6.27. The highest BCUT2D eigenvalue weighted by molar-refractivity contribution is 5.80. The summed E-state index contributed by atoms with van der Waals surface area (Å²) >= 11 is 0. The summed E-state index contributed by atoms with van der Waals surface area (Å²) in [6.07, 6.45) is 7.04. The average Bonchev–Trinajstić information content (AvgIpc) is 2.49. The maximum absolute atomic E-state index is 12.9. The number of piperidine rings is 2. The van der Waals surface area contributed by atoms with Gasteiger partial charge >= 0.3 is 0 Å². The van der Waals surface area contributed by atoms with E-state index in [2.05, 4.69) is 23.8 Å². The number of likely N-dealkylation sites (tertiary alicyclic amines) is 2. The molecule has 3 rings (SSSR count). The topological polar surface area (TPSA) is 49.6 Å². The van der Waals surface area contributed by atoms with Gasteiger partial charge in [0.1, 0.15) is 0 Å². The van der Waals surface area contributed by atoms with Crippen molar-refractivity contribution in [2.75, 3.05) is 26.7 Å². The van der Waals surface area contributed by atoms with Gasteiger partial charge in [-0.15, -0.1) is 0 Å². The average molecular weight is 293 g/mol. The molecule has 4 heteroatoms. The van der Waals surface area contributed by atoms with Crippen molar-refractivity contribution < 1.29 is 4.79 Å². The van der Waals surface area contributed by atoms with Gasteiger partial charge in [-0.1, -0.05) is 13.3 Å². The van der Waals surface area contributed by atoms with Crippen LogP contribution < -0.4 is 5.73 Å². The highest BCUT2D eigenvalue weighted by Crippen LogP contribution is 2.33. The fraction of sp³-hybridized carbons (Fsp3) is 0.941. The van der Waals surface area contributed by atoms with E-state index in [0.29, 0.717) is 23.8 Å². The van der Waals surface area contributed by atoms with Crippen molar-refractivity contribution in [1.82, 2.24) is 9.80 Å². The fourth-order valence-electron chi connectivity index (χ4n) is 4.82. The Hall–Kier alpha value is -0.610. The van der Waals surface area contributed by atoms with Crippen molar-refractivity contribution in [1.29, 1.82) is 0 Å². The Kier molecular flexibility index (Phi) is 4.55. The van der Waals surface area contributed by atoms with E-state index in [9.17, 15) is 4.79 Å². The second-order valence-electron chi connectivity index (χ2n) is 7.62. The zero-order valence-corrected chi connectivity index (χ0v) is 13.6. The minimum absolute atomic E-state index is 0.0676. The third kappa shape index (κ3) is 2.98. The lowest BCUT2D eigenvalue weighted by Gasteiger charge is -2.47. The molecule has 0 spiro atoms. The SMILES string of the molecule is CC1CCCC(C(=O)N2CCC3C(CCCN3C)C2)C1N. The van der Waals surface area contributed by atoms with E-state index in [-0.39, 0.29) is 12.0 Å². The summed E-state index contributed by atoms with van der Waals surface area (Å²) in [6, 6.07) is 0.764. The predicted octanol–water partition coefficient (Wildman–Crippen LogP) is 1.69. The van der Waals surface area contributed by atoms with Gasteiger partial charge in [0.2, 0.25) is 5.91 Å². The Morgan fingerprint density at radius 1 is 1.10 bits per heavy atom. The maximum atomic E-state index is 12.9. The summed E-state index contributed by atoms with van der Waals surface area (Å²) in [5.41, 5.74) is 6.33. The van der Waals surface area contributed by atoms with E-state index >= 15 is 0 Å². The van der Waals surface area contributed by atoms with Crippen LogP contribution in [0.3, 0.4) is 0 Å². The summed E-state index contributed by atoms with van der Waals surface area (Å²) in [5.74, 6) is 1.59. The van der Waals surface area contributed by atoms with Crippen LogP contribution in [0.2, 0.25) is 0 Å². The number of fused-ring (bicyclic) bond motifs is 1. The Balaban J connectivity index is 1.63. The molecule has 0 bridgehead atoms. The van der Waals surface area contributed by atoms with Gasteiger partial charge in [0.25, 0.3) is 0 Å². The Bertz CT molecular complexity index is 386. The fourth-order valence-corrected chi connectivity index (χ4v) is 4.82. The third-order valence-electron chi connectivity index (χ3n) is 6.27. The van der Waals surface area contributed by atoms with E-state index in [4.69, 9.17) is 5.73 Å². The molecule has 0 aromatic heterocycles. The van der Waals surface area contributed by atoms with Crippen molar-refractivity contribution >= 4 is 5.91 Å². The molecule has 2 heterocycles. The standard InChI is InChI=1S/C17H31N3O/c1-12-5-3-7-14(16(12)18)17(21)20-10-8-15-13(11-20)6-4-9-19(15)2/h12-16H,3-11,18H2,1-2H3. The van der Waals surface area contributed by atoms with Gasteiger partial charge in [-0.05, 0) is 57.5 Å². The highest BCUT2D eigenvalue weighted by atomic mass is 16.2. The molecule has 3 aliphatic rings. The van der Waals surface area contributed by atoms with Crippen molar-refractivity contribution in [2.24, 2.45) is 23.5 Å². The zero-order chi connectivity index (χ0) is 15.0. The first-order valence-corrected chi connectivity index (χ1v) is 8.82. The van der Waals surface area contributed by atoms with E-state index in [0.717, 1.165) is 32.4 Å². The number of rotatable bonds is 1. The molecule has 5 atom stereocenters. The Morgan fingerprint density at radius 3 is 2.71 bits per heavy atom. The number of nitrogens with two attached hydrogens (primary N) is 1. The van der Waals surface area contributed by atoms with Crippen LogP contribution in [-0.2, 0) is 4.79 Å². The van der Waals surface area contributed by atoms with Crippen LogP contribution >= 0.6 is 0 Å². The van der Waals surface area contributed by atoms with Gasteiger partial charge in [-0.2, -0.15) is 0 Å². The molecule has 5 unspecified atom stereocenters. The minimum Gasteiger partial charge on any atom is -0.342 e. The number of carbonyl (C=O) groups is 1. The summed E-state index contributed by atoms with van der Waals surface area (Å²) in [7, 11) is 2.24. The van der Waals surface area contributed by atoms with E-state index in [1.54, 1.807) is 0 Å². The van der Waals surface area contributed by atoms with Crippen LogP contribution in [0, 0.1) is 17.8 Å². The van der Waals surface area contributed by atoms with Crippen LogP contribution in [0.5, 0.6) is 0 Å². The smallest absolute Gasteiger partial charge is 0.227 e. The van der Waals surface area contributed by atoms with Crippen molar-refractivity contribution in [3.8, 4) is 0 Å². The second-order valence-corrected chi connectivity index (χ2v) is 7.62. The number of hydrogen-bond acceptors (Lipinski definition) is 3. The van der Waals surface area contributed by atoms with E-state index < -0.39 is 0 Å². The van der Waals surface area contributed by atoms with Crippen LogP contribution in [-0.4, -0.2) is 54.5 Å². The van der Waals surface area contributed by atoms with Crippen molar-refractivity contribution in [3.05, 3.63) is 0 Å². The van der Waals surface area contributed by atoms with Gasteiger partial charge in [-0.3, -0.25) is 4.79 Å².